The van der Waals surface area contributed by atoms with Gasteiger partial charge in [-0.25, -0.2) is 0 Å². The molecule has 0 spiro atoms. The Balaban J connectivity index is 2.30. The minimum Gasteiger partial charge on any atom is -0.392 e. The van der Waals surface area contributed by atoms with Gasteiger partial charge in [-0.3, -0.25) is 0 Å². The second kappa shape index (κ2) is 5.75. The Labute approximate surface area is 117 Å². The molecule has 0 aromatic heterocycles. The van der Waals surface area contributed by atoms with E-state index in [1.54, 1.807) is 18.2 Å². The molecule has 0 radical (unpaired) electrons. The van der Waals surface area contributed by atoms with Crippen molar-refractivity contribution in [1.29, 1.82) is 5.26 Å². The molecule has 0 bridgehead atoms. The van der Waals surface area contributed by atoms with E-state index in [9.17, 15) is 0 Å². The summed E-state index contributed by atoms with van der Waals surface area (Å²) in [5.74, 6) is 0. The Morgan fingerprint density at radius 1 is 1.16 bits per heavy atom. The maximum absolute atomic E-state index is 9.09. The number of nitriles is 1. The van der Waals surface area contributed by atoms with Gasteiger partial charge in [0.05, 0.1) is 18.2 Å². The van der Waals surface area contributed by atoms with Gasteiger partial charge in [0.2, 0.25) is 0 Å². The van der Waals surface area contributed by atoms with E-state index in [4.69, 9.17) is 22.0 Å². The molecule has 0 atom stereocenters. The summed E-state index contributed by atoms with van der Waals surface area (Å²) in [6.07, 6.45) is 0. The van der Waals surface area contributed by atoms with Gasteiger partial charge in [-0.05, 0) is 42.0 Å². The van der Waals surface area contributed by atoms with Crippen LogP contribution in [0.4, 0.5) is 11.4 Å². The number of hydrogen-bond acceptors (Lipinski definition) is 3. The summed E-state index contributed by atoms with van der Waals surface area (Å²) < 4.78 is 0. The van der Waals surface area contributed by atoms with Crippen LogP contribution in [0.5, 0.6) is 0 Å². The van der Waals surface area contributed by atoms with E-state index in [1.807, 2.05) is 36.2 Å². The molecule has 19 heavy (non-hydrogen) atoms. The Morgan fingerprint density at radius 2 is 1.79 bits per heavy atom. The summed E-state index contributed by atoms with van der Waals surface area (Å²) in [5.41, 5.74) is 3.23. The van der Waals surface area contributed by atoms with Gasteiger partial charge in [-0.15, -0.1) is 0 Å². The third kappa shape index (κ3) is 2.87. The summed E-state index contributed by atoms with van der Waals surface area (Å²) >= 11 is 6.08. The lowest BCUT2D eigenvalue weighted by molar-refractivity contribution is 0.282. The lowest BCUT2D eigenvalue weighted by Crippen LogP contribution is -2.09. The molecule has 0 amide bonds. The molecule has 2 aromatic carbocycles. The van der Waals surface area contributed by atoms with Gasteiger partial charge in [-0.2, -0.15) is 5.26 Å². The van der Waals surface area contributed by atoms with E-state index >= 15 is 0 Å². The monoisotopic (exact) mass is 272 g/mol. The molecule has 3 nitrogen and oxygen atoms in total. The molecule has 0 saturated heterocycles. The quantitative estimate of drug-likeness (QED) is 0.931. The summed E-state index contributed by atoms with van der Waals surface area (Å²) in [4.78, 5) is 1.97. The molecule has 0 heterocycles. The fourth-order valence-corrected chi connectivity index (χ4v) is 2.02. The summed E-state index contributed by atoms with van der Waals surface area (Å²) in [7, 11) is 1.92. The molecule has 0 aliphatic heterocycles. The lowest BCUT2D eigenvalue weighted by atomic mass is 10.1. The molecular formula is C15H13ClN2O. The first-order chi connectivity index (χ1) is 9.15. The highest BCUT2D eigenvalue weighted by Gasteiger charge is 2.07. The van der Waals surface area contributed by atoms with Crippen molar-refractivity contribution in [2.75, 3.05) is 11.9 Å². The zero-order chi connectivity index (χ0) is 13.8. The number of nitrogens with zero attached hydrogens (tertiary/aromatic N) is 2. The maximum atomic E-state index is 9.09. The predicted octanol–water partition coefficient (Wildman–Crippen LogP) is 3.47. The van der Waals surface area contributed by atoms with Crippen molar-refractivity contribution in [2.24, 2.45) is 0 Å². The van der Waals surface area contributed by atoms with Crippen LogP contribution >= 0.6 is 11.6 Å². The van der Waals surface area contributed by atoms with E-state index < -0.39 is 0 Å². The molecular weight excluding hydrogens is 260 g/mol. The standard InChI is InChI=1S/C15H13ClN2O/c1-18(13-5-2-11(9-17)3-6-13)14-7-4-12(10-19)15(16)8-14/h2-8,19H,10H2,1H3. The number of rotatable bonds is 3. The molecule has 0 fully saturated rings. The molecule has 0 aliphatic rings. The van der Waals surface area contributed by atoms with Crippen LogP contribution in [0.15, 0.2) is 42.5 Å². The minimum absolute atomic E-state index is 0.0697. The number of hydrogen-bond donors (Lipinski definition) is 1. The molecule has 4 heteroatoms. The van der Waals surface area contributed by atoms with E-state index in [2.05, 4.69) is 6.07 Å². The minimum atomic E-state index is -0.0697. The average molecular weight is 273 g/mol. The molecule has 0 aliphatic carbocycles. The van der Waals surface area contributed by atoms with Crippen molar-refractivity contribution in [3.05, 3.63) is 58.6 Å². The van der Waals surface area contributed by atoms with Crippen molar-refractivity contribution in [3.63, 3.8) is 0 Å². The van der Waals surface area contributed by atoms with Gasteiger partial charge in [0.1, 0.15) is 0 Å². The molecule has 1 N–H and O–H groups in total. The van der Waals surface area contributed by atoms with E-state index in [-0.39, 0.29) is 6.61 Å². The average Bonchev–Trinajstić information content (AvgIpc) is 2.46. The summed E-state index contributed by atoms with van der Waals surface area (Å²) in [5, 5.41) is 18.4. The molecule has 2 aromatic rings. The summed E-state index contributed by atoms with van der Waals surface area (Å²) in [6, 6.07) is 14.9. The number of aliphatic hydroxyl groups is 1. The summed E-state index contributed by atoms with van der Waals surface area (Å²) in [6.45, 7) is -0.0697. The van der Waals surface area contributed by atoms with Gasteiger partial charge in [-0.1, -0.05) is 17.7 Å². The third-order valence-electron chi connectivity index (χ3n) is 2.98. The third-order valence-corrected chi connectivity index (χ3v) is 3.33. The zero-order valence-corrected chi connectivity index (χ0v) is 11.2. The van der Waals surface area contributed by atoms with Gasteiger partial charge < -0.3 is 10.0 Å². The zero-order valence-electron chi connectivity index (χ0n) is 10.5. The highest BCUT2D eigenvalue weighted by molar-refractivity contribution is 6.31. The molecule has 2 rings (SSSR count). The second-order valence-corrected chi connectivity index (χ2v) is 4.56. The topological polar surface area (TPSA) is 47.3 Å². The van der Waals surface area contributed by atoms with Crippen LogP contribution in [0.25, 0.3) is 0 Å². The van der Waals surface area contributed by atoms with Crippen LogP contribution in [-0.4, -0.2) is 12.2 Å². The van der Waals surface area contributed by atoms with Gasteiger partial charge in [0.15, 0.2) is 0 Å². The Bertz CT molecular complexity index is 617. The number of aliphatic hydroxyl groups excluding tert-OH is 1. The SMILES string of the molecule is CN(c1ccc(C#N)cc1)c1ccc(CO)c(Cl)c1. The van der Waals surface area contributed by atoms with Crippen LogP contribution in [0.3, 0.4) is 0 Å². The fourth-order valence-electron chi connectivity index (χ4n) is 1.78. The fraction of sp³-hybridized carbons (Fsp3) is 0.133. The first-order valence-electron chi connectivity index (χ1n) is 5.79. The second-order valence-electron chi connectivity index (χ2n) is 4.15. The highest BCUT2D eigenvalue weighted by atomic mass is 35.5. The Hall–Kier alpha value is -2.02. The molecule has 0 unspecified atom stereocenters. The lowest BCUT2D eigenvalue weighted by Gasteiger charge is -2.20. The molecule has 0 saturated carbocycles. The van der Waals surface area contributed by atoms with Crippen molar-refractivity contribution >= 4 is 23.0 Å². The highest BCUT2D eigenvalue weighted by Crippen LogP contribution is 2.28. The van der Waals surface area contributed by atoms with Crippen molar-refractivity contribution in [3.8, 4) is 6.07 Å². The van der Waals surface area contributed by atoms with E-state index in [0.717, 1.165) is 11.4 Å². The van der Waals surface area contributed by atoms with Crippen LogP contribution in [0.2, 0.25) is 5.02 Å². The number of halogens is 1. The van der Waals surface area contributed by atoms with Crippen molar-refractivity contribution in [2.45, 2.75) is 6.61 Å². The largest absolute Gasteiger partial charge is 0.392 e. The molecule has 96 valence electrons. The Morgan fingerprint density at radius 3 is 2.32 bits per heavy atom. The van der Waals surface area contributed by atoms with Crippen LogP contribution in [-0.2, 0) is 6.61 Å². The van der Waals surface area contributed by atoms with Crippen molar-refractivity contribution in [1.82, 2.24) is 0 Å². The van der Waals surface area contributed by atoms with E-state index in [1.165, 1.54) is 0 Å². The number of anilines is 2. The normalized spacial score (nSPS) is 10.0. The predicted molar refractivity (Wildman–Crippen MR) is 76.6 cm³/mol. The van der Waals surface area contributed by atoms with Crippen LogP contribution in [0.1, 0.15) is 11.1 Å². The smallest absolute Gasteiger partial charge is 0.0991 e. The van der Waals surface area contributed by atoms with Crippen LogP contribution < -0.4 is 4.90 Å². The maximum Gasteiger partial charge on any atom is 0.0991 e. The van der Waals surface area contributed by atoms with Crippen LogP contribution in [0, 0.1) is 11.3 Å². The van der Waals surface area contributed by atoms with Crippen molar-refractivity contribution < 1.29 is 5.11 Å². The Kier molecular flexibility index (Phi) is 4.06. The first kappa shape index (κ1) is 13.4. The number of benzene rings is 2. The first-order valence-corrected chi connectivity index (χ1v) is 6.16. The van der Waals surface area contributed by atoms with Gasteiger partial charge in [0, 0.05) is 23.4 Å². The van der Waals surface area contributed by atoms with Gasteiger partial charge >= 0.3 is 0 Å². The van der Waals surface area contributed by atoms with Gasteiger partial charge in [0.25, 0.3) is 0 Å². The van der Waals surface area contributed by atoms with E-state index in [0.29, 0.717) is 16.1 Å².